The normalized spacial score (nSPS) is 29.3. The lowest BCUT2D eigenvalue weighted by molar-refractivity contribution is -0.130. The zero-order valence-corrected chi connectivity index (χ0v) is 14.9. The summed E-state index contributed by atoms with van der Waals surface area (Å²) in [7, 11) is -3.54. The van der Waals surface area contributed by atoms with Gasteiger partial charge in [-0.1, -0.05) is 12.1 Å². The lowest BCUT2D eigenvalue weighted by Gasteiger charge is -2.19. The molecular weight excluding hydrogens is 340 g/mol. The highest BCUT2D eigenvalue weighted by Gasteiger charge is 2.38. The summed E-state index contributed by atoms with van der Waals surface area (Å²) in [5.41, 5.74) is 0.573. The molecule has 25 heavy (non-hydrogen) atoms. The maximum absolute atomic E-state index is 12.5. The molecule has 0 aromatic heterocycles. The number of aliphatic imine (C=N–C) groups is 1. The van der Waals surface area contributed by atoms with Crippen molar-refractivity contribution in [3.63, 3.8) is 0 Å². The maximum atomic E-state index is 12.5. The van der Waals surface area contributed by atoms with Gasteiger partial charge in [0.05, 0.1) is 10.9 Å². The Labute approximate surface area is 147 Å². The van der Waals surface area contributed by atoms with Gasteiger partial charge in [0.25, 0.3) is 10.0 Å². The van der Waals surface area contributed by atoms with E-state index in [1.807, 2.05) is 11.8 Å². The van der Waals surface area contributed by atoms with Crippen molar-refractivity contribution in [2.75, 3.05) is 26.2 Å². The molecule has 1 amide bonds. The molecule has 0 radical (unpaired) electrons. The standard InChI is InChI=1S/C17H22N4O3S/c1-11(6-16(22)21-9-12-7-18-8-13(12)10-21)19-17-14-4-2-3-5-15(14)25(23,24)20-17/h2-5,11-13,18H,6-10H2,1H3,(H,19,20)/t11?,12-,13+. The van der Waals surface area contributed by atoms with Crippen LogP contribution in [0.3, 0.4) is 0 Å². The number of hydrogen-bond acceptors (Lipinski definition) is 5. The number of nitrogens with one attached hydrogen (secondary N) is 2. The van der Waals surface area contributed by atoms with E-state index in [1.54, 1.807) is 24.3 Å². The SMILES string of the molecule is CC(CC(=O)N1C[C@H]2CNC[C@H]2C1)N=C1NS(=O)(=O)c2ccccc21. The molecule has 2 saturated heterocycles. The van der Waals surface area contributed by atoms with Crippen LogP contribution in [0, 0.1) is 11.8 Å². The number of amides is 1. The first-order valence-corrected chi connectivity index (χ1v) is 10.1. The van der Waals surface area contributed by atoms with Crippen LogP contribution < -0.4 is 10.0 Å². The number of likely N-dealkylation sites (tertiary alicyclic amines) is 1. The maximum Gasteiger partial charge on any atom is 0.263 e. The zero-order valence-electron chi connectivity index (χ0n) is 14.1. The largest absolute Gasteiger partial charge is 0.342 e. The van der Waals surface area contributed by atoms with Gasteiger partial charge in [-0.15, -0.1) is 0 Å². The summed E-state index contributed by atoms with van der Waals surface area (Å²) in [5.74, 6) is 1.57. The number of benzene rings is 1. The van der Waals surface area contributed by atoms with E-state index in [-0.39, 0.29) is 16.8 Å². The number of fused-ring (bicyclic) bond motifs is 2. The topological polar surface area (TPSA) is 90.9 Å². The lowest BCUT2D eigenvalue weighted by atomic mass is 10.0. The van der Waals surface area contributed by atoms with Gasteiger partial charge in [-0.2, -0.15) is 0 Å². The van der Waals surface area contributed by atoms with E-state index in [0.29, 0.717) is 29.7 Å². The van der Waals surface area contributed by atoms with E-state index in [0.717, 1.165) is 26.2 Å². The second-order valence-corrected chi connectivity index (χ2v) is 8.76. The van der Waals surface area contributed by atoms with Crippen LogP contribution in [0.2, 0.25) is 0 Å². The quantitative estimate of drug-likeness (QED) is 0.803. The first kappa shape index (κ1) is 16.5. The fraction of sp³-hybridized carbons (Fsp3) is 0.529. The highest BCUT2D eigenvalue weighted by molar-refractivity contribution is 7.90. The molecule has 3 aliphatic heterocycles. The van der Waals surface area contributed by atoms with E-state index in [4.69, 9.17) is 0 Å². The molecule has 134 valence electrons. The average molecular weight is 362 g/mol. The van der Waals surface area contributed by atoms with Crippen LogP contribution in [0.4, 0.5) is 0 Å². The van der Waals surface area contributed by atoms with Crippen LogP contribution in [0.5, 0.6) is 0 Å². The smallest absolute Gasteiger partial charge is 0.263 e. The predicted molar refractivity (Wildman–Crippen MR) is 93.8 cm³/mol. The highest BCUT2D eigenvalue weighted by Crippen LogP contribution is 2.27. The third-order valence-corrected chi connectivity index (χ3v) is 6.62. The molecule has 2 fully saturated rings. The predicted octanol–water partition coefficient (Wildman–Crippen LogP) is 0.182. The number of hydrogen-bond donors (Lipinski definition) is 2. The molecule has 0 spiro atoms. The van der Waals surface area contributed by atoms with E-state index in [9.17, 15) is 13.2 Å². The van der Waals surface area contributed by atoms with Gasteiger partial charge >= 0.3 is 0 Å². The van der Waals surface area contributed by atoms with Crippen LogP contribution in [0.1, 0.15) is 18.9 Å². The van der Waals surface area contributed by atoms with Crippen LogP contribution in [-0.4, -0.2) is 57.3 Å². The fourth-order valence-electron chi connectivity index (χ4n) is 3.94. The van der Waals surface area contributed by atoms with Crippen LogP contribution >= 0.6 is 0 Å². The van der Waals surface area contributed by atoms with E-state index in [2.05, 4.69) is 15.0 Å². The van der Waals surface area contributed by atoms with Crippen LogP contribution in [-0.2, 0) is 14.8 Å². The third-order valence-electron chi connectivity index (χ3n) is 5.22. The number of carbonyl (C=O) groups is 1. The monoisotopic (exact) mass is 362 g/mol. The van der Waals surface area contributed by atoms with Crippen molar-refractivity contribution in [1.29, 1.82) is 0 Å². The minimum Gasteiger partial charge on any atom is -0.342 e. The lowest BCUT2D eigenvalue weighted by Crippen LogP contribution is -2.33. The summed E-state index contributed by atoms with van der Waals surface area (Å²) >= 11 is 0. The van der Waals surface area contributed by atoms with Crippen molar-refractivity contribution in [1.82, 2.24) is 14.9 Å². The molecule has 1 aromatic rings. The Morgan fingerprint density at radius 3 is 2.68 bits per heavy atom. The Kier molecular flexibility index (Phi) is 4.04. The Morgan fingerprint density at radius 2 is 1.96 bits per heavy atom. The molecular formula is C17H22N4O3S. The van der Waals surface area contributed by atoms with Crippen molar-refractivity contribution in [3.8, 4) is 0 Å². The van der Waals surface area contributed by atoms with Crippen molar-refractivity contribution in [2.45, 2.75) is 24.3 Å². The van der Waals surface area contributed by atoms with Crippen molar-refractivity contribution in [3.05, 3.63) is 29.8 Å². The summed E-state index contributed by atoms with van der Waals surface area (Å²) < 4.78 is 26.7. The molecule has 1 aromatic carbocycles. The van der Waals surface area contributed by atoms with Crippen molar-refractivity contribution >= 4 is 21.8 Å². The minimum absolute atomic E-state index is 0.0976. The van der Waals surface area contributed by atoms with Gasteiger partial charge in [0.15, 0.2) is 0 Å². The molecule has 3 heterocycles. The second-order valence-electron chi connectivity index (χ2n) is 7.11. The Bertz CT molecular complexity index is 824. The van der Waals surface area contributed by atoms with Crippen LogP contribution in [0.25, 0.3) is 0 Å². The molecule has 0 aliphatic carbocycles. The summed E-state index contributed by atoms with van der Waals surface area (Å²) in [4.78, 5) is 19.2. The van der Waals surface area contributed by atoms with Crippen molar-refractivity contribution in [2.24, 2.45) is 16.8 Å². The number of sulfonamides is 1. The summed E-state index contributed by atoms with van der Waals surface area (Å²) in [6.45, 7) is 5.46. The molecule has 4 rings (SSSR count). The molecule has 3 atom stereocenters. The van der Waals surface area contributed by atoms with E-state index in [1.165, 1.54) is 0 Å². The van der Waals surface area contributed by atoms with Crippen molar-refractivity contribution < 1.29 is 13.2 Å². The Balaban J connectivity index is 1.45. The number of carbonyl (C=O) groups excluding carboxylic acids is 1. The Hall–Kier alpha value is -1.93. The zero-order chi connectivity index (χ0) is 17.6. The van der Waals surface area contributed by atoms with E-state index >= 15 is 0 Å². The summed E-state index contributed by atoms with van der Waals surface area (Å²) in [6.07, 6.45) is 0.292. The van der Waals surface area contributed by atoms with Gasteiger partial charge in [0, 0.05) is 38.2 Å². The molecule has 2 N–H and O–H groups in total. The van der Waals surface area contributed by atoms with E-state index < -0.39 is 10.0 Å². The first-order valence-electron chi connectivity index (χ1n) is 8.62. The first-order chi connectivity index (χ1) is 11.9. The van der Waals surface area contributed by atoms with Gasteiger partial charge in [0.1, 0.15) is 5.84 Å². The molecule has 3 aliphatic rings. The summed E-state index contributed by atoms with van der Waals surface area (Å²) in [6, 6.07) is 6.48. The number of nitrogens with zero attached hydrogens (tertiary/aromatic N) is 2. The van der Waals surface area contributed by atoms with Gasteiger partial charge in [-0.3, -0.25) is 14.5 Å². The number of rotatable bonds is 3. The highest BCUT2D eigenvalue weighted by atomic mass is 32.2. The molecule has 1 unspecified atom stereocenters. The molecule has 7 nitrogen and oxygen atoms in total. The molecule has 0 bridgehead atoms. The fourth-order valence-corrected chi connectivity index (χ4v) is 5.18. The van der Waals surface area contributed by atoms with Gasteiger partial charge < -0.3 is 10.2 Å². The number of amidine groups is 1. The summed E-state index contributed by atoms with van der Waals surface area (Å²) in [5, 5.41) is 3.36. The van der Waals surface area contributed by atoms with Crippen LogP contribution in [0.15, 0.2) is 34.2 Å². The second kappa shape index (κ2) is 6.10. The molecule has 8 heteroatoms. The minimum atomic E-state index is -3.54. The third kappa shape index (κ3) is 3.04. The molecule has 0 saturated carbocycles. The van der Waals surface area contributed by atoms with Gasteiger partial charge in [-0.05, 0) is 30.9 Å². The van der Waals surface area contributed by atoms with Gasteiger partial charge in [0.2, 0.25) is 5.91 Å². The van der Waals surface area contributed by atoms with Gasteiger partial charge in [-0.25, -0.2) is 8.42 Å². The Morgan fingerprint density at radius 1 is 1.28 bits per heavy atom. The average Bonchev–Trinajstić information content (AvgIpc) is 3.20.